The van der Waals surface area contributed by atoms with Gasteiger partial charge in [-0.15, -0.1) is 0 Å². The number of hydrogen-bond acceptors (Lipinski definition) is 3. The normalized spacial score (nSPS) is 29.6. The summed E-state index contributed by atoms with van der Waals surface area (Å²) in [5.41, 5.74) is 1.07. The Morgan fingerprint density at radius 2 is 1.88 bits per heavy atom. The number of rotatable bonds is 3. The summed E-state index contributed by atoms with van der Waals surface area (Å²) in [6.45, 7) is 4.25. The molecule has 2 bridgehead atoms. The van der Waals surface area contributed by atoms with E-state index in [1.165, 1.54) is 0 Å². The maximum Gasteiger partial charge on any atom is 0.265 e. The van der Waals surface area contributed by atoms with E-state index in [-0.39, 0.29) is 11.2 Å². The van der Waals surface area contributed by atoms with E-state index < -0.39 is 15.5 Å². The van der Waals surface area contributed by atoms with Crippen molar-refractivity contribution in [2.24, 2.45) is 21.7 Å². The lowest BCUT2D eigenvalue weighted by Crippen LogP contribution is -2.42. The number of nitrogens with zero attached hydrogens (tertiary/aromatic N) is 1. The van der Waals surface area contributed by atoms with Crippen LogP contribution in [0, 0.1) is 16.7 Å². The topological polar surface area (TPSA) is 66.7 Å². The van der Waals surface area contributed by atoms with Crippen LogP contribution >= 0.6 is 0 Å². The zero-order chi connectivity index (χ0) is 17.9. The van der Waals surface area contributed by atoms with Crippen LogP contribution in [0.2, 0.25) is 0 Å². The molecule has 0 heterocycles. The first-order valence-electron chi connectivity index (χ1n) is 8.74. The molecule has 2 aliphatic carbocycles. The van der Waals surface area contributed by atoms with Gasteiger partial charge >= 0.3 is 0 Å². The lowest BCUT2D eigenvalue weighted by molar-refractivity contribution is 0.193. The van der Waals surface area contributed by atoms with E-state index in [1.54, 1.807) is 0 Å². The van der Waals surface area contributed by atoms with Gasteiger partial charge in [-0.3, -0.25) is 9.55 Å². The van der Waals surface area contributed by atoms with Crippen molar-refractivity contribution in [3.8, 4) is 0 Å². The van der Waals surface area contributed by atoms with Gasteiger partial charge < -0.3 is 0 Å². The van der Waals surface area contributed by atoms with Gasteiger partial charge in [0.15, 0.2) is 0 Å². The largest absolute Gasteiger partial charge is 0.286 e. The van der Waals surface area contributed by atoms with Crippen molar-refractivity contribution < 1.29 is 13.0 Å². The Labute approximate surface area is 148 Å². The predicted molar refractivity (Wildman–Crippen MR) is 101 cm³/mol. The second kappa shape index (κ2) is 5.39. The average Bonchev–Trinajstić information content (AvgIpc) is 2.88. The molecule has 132 valence electrons. The minimum Gasteiger partial charge on any atom is -0.286 e. The van der Waals surface area contributed by atoms with Crippen LogP contribution in [-0.2, 0) is 10.1 Å². The highest BCUT2D eigenvalue weighted by atomic mass is 32.2. The Hall–Kier alpha value is -1.72. The van der Waals surface area contributed by atoms with Crippen LogP contribution in [-0.4, -0.2) is 24.4 Å². The quantitative estimate of drug-likeness (QED) is 0.815. The summed E-state index contributed by atoms with van der Waals surface area (Å²) in [6, 6.07) is 14.1. The molecule has 2 aromatic carbocycles. The van der Waals surface area contributed by atoms with Crippen molar-refractivity contribution in [3.05, 3.63) is 42.5 Å². The summed E-state index contributed by atoms with van der Waals surface area (Å²) >= 11 is 0. The van der Waals surface area contributed by atoms with E-state index in [0.29, 0.717) is 5.92 Å². The zero-order valence-electron chi connectivity index (χ0n) is 14.6. The average molecular weight is 357 g/mol. The van der Waals surface area contributed by atoms with Gasteiger partial charge in [-0.1, -0.05) is 50.2 Å². The molecule has 2 fully saturated rings. The van der Waals surface area contributed by atoms with Crippen LogP contribution in [0.5, 0.6) is 0 Å². The molecule has 4 rings (SSSR count). The van der Waals surface area contributed by atoms with Gasteiger partial charge in [0.25, 0.3) is 10.1 Å². The van der Waals surface area contributed by atoms with Crippen LogP contribution in [0.25, 0.3) is 10.8 Å². The Morgan fingerprint density at radius 1 is 1.16 bits per heavy atom. The molecule has 4 nitrogen and oxygen atoms in total. The van der Waals surface area contributed by atoms with Gasteiger partial charge in [-0.2, -0.15) is 8.42 Å². The fourth-order valence-electron chi connectivity index (χ4n) is 5.05. The fraction of sp³-hybridized carbons (Fsp3) is 0.450. The molecule has 5 heteroatoms. The first kappa shape index (κ1) is 16.7. The lowest BCUT2D eigenvalue weighted by Gasteiger charge is -2.37. The Balaban J connectivity index is 1.88. The van der Waals surface area contributed by atoms with E-state index in [9.17, 15) is 13.0 Å². The zero-order valence-corrected chi connectivity index (χ0v) is 15.4. The van der Waals surface area contributed by atoms with E-state index in [1.807, 2.05) is 30.3 Å². The molecule has 2 saturated carbocycles. The molecule has 0 spiro atoms. The minimum absolute atomic E-state index is 0.174. The standard InChI is InChI=1S/C20H23NO3S/c1-19(2)15-10-11-20(19,13-25(22,23)24)18(12-15)21-17-9-5-7-14-6-3-4-8-16(14)17/h3-9,15H,10-13H2,1-2H3,(H,22,23,24). The van der Waals surface area contributed by atoms with Crippen molar-refractivity contribution in [1.29, 1.82) is 0 Å². The van der Waals surface area contributed by atoms with Crippen LogP contribution in [0.3, 0.4) is 0 Å². The molecule has 0 radical (unpaired) electrons. The highest BCUT2D eigenvalue weighted by molar-refractivity contribution is 7.85. The van der Waals surface area contributed by atoms with Gasteiger partial charge in [0.2, 0.25) is 0 Å². The molecule has 0 aliphatic heterocycles. The van der Waals surface area contributed by atoms with E-state index in [4.69, 9.17) is 4.99 Å². The van der Waals surface area contributed by atoms with Crippen LogP contribution in [0.15, 0.2) is 47.5 Å². The number of hydrogen-bond donors (Lipinski definition) is 1. The third-order valence-corrected chi connectivity index (χ3v) is 7.47. The van der Waals surface area contributed by atoms with Crippen molar-refractivity contribution in [2.75, 3.05) is 5.75 Å². The first-order valence-corrected chi connectivity index (χ1v) is 10.3. The molecule has 2 aromatic rings. The predicted octanol–water partition coefficient (Wildman–Crippen LogP) is 4.63. The van der Waals surface area contributed by atoms with Crippen LogP contribution < -0.4 is 0 Å². The summed E-state index contributed by atoms with van der Waals surface area (Å²) < 4.78 is 33.1. The van der Waals surface area contributed by atoms with Crippen molar-refractivity contribution in [1.82, 2.24) is 0 Å². The molecule has 0 aromatic heterocycles. The van der Waals surface area contributed by atoms with Crippen molar-refractivity contribution in [3.63, 3.8) is 0 Å². The highest BCUT2D eigenvalue weighted by Gasteiger charge is 2.63. The van der Waals surface area contributed by atoms with E-state index >= 15 is 0 Å². The minimum atomic E-state index is -4.07. The first-order chi connectivity index (χ1) is 11.7. The number of fused-ring (bicyclic) bond motifs is 3. The second-order valence-corrected chi connectivity index (χ2v) is 9.48. The van der Waals surface area contributed by atoms with Gasteiger partial charge in [-0.25, -0.2) is 0 Å². The van der Waals surface area contributed by atoms with E-state index in [0.717, 1.165) is 41.4 Å². The maximum atomic E-state index is 11.8. The fourth-order valence-corrected chi connectivity index (χ4v) is 6.36. The van der Waals surface area contributed by atoms with Gasteiger partial charge in [0.1, 0.15) is 0 Å². The molecular formula is C20H23NO3S. The Kier molecular flexibility index (Phi) is 3.61. The summed E-state index contributed by atoms with van der Waals surface area (Å²) in [5, 5.41) is 2.19. The van der Waals surface area contributed by atoms with Gasteiger partial charge in [0, 0.05) is 16.5 Å². The smallest absolute Gasteiger partial charge is 0.265 e. The summed E-state index contributed by atoms with van der Waals surface area (Å²) in [4.78, 5) is 4.96. The van der Waals surface area contributed by atoms with Crippen molar-refractivity contribution >= 4 is 32.3 Å². The molecule has 25 heavy (non-hydrogen) atoms. The van der Waals surface area contributed by atoms with Crippen LogP contribution in [0.1, 0.15) is 33.1 Å². The number of benzene rings is 2. The number of aliphatic imine (C=N–C) groups is 1. The van der Waals surface area contributed by atoms with Crippen molar-refractivity contribution in [2.45, 2.75) is 33.1 Å². The molecule has 1 N–H and O–H groups in total. The SMILES string of the molecule is CC1(C)C2CCC1(CS(=O)(=O)O)C(=Nc1cccc3ccccc13)C2. The summed E-state index contributed by atoms with van der Waals surface area (Å²) in [5.74, 6) is 0.190. The molecule has 2 unspecified atom stereocenters. The third-order valence-electron chi connectivity index (χ3n) is 6.62. The maximum absolute atomic E-state index is 11.8. The highest BCUT2D eigenvalue weighted by Crippen LogP contribution is 2.65. The lowest BCUT2D eigenvalue weighted by atomic mass is 9.70. The van der Waals surface area contributed by atoms with Crippen LogP contribution in [0.4, 0.5) is 5.69 Å². The third kappa shape index (κ3) is 2.52. The monoisotopic (exact) mass is 357 g/mol. The molecule has 2 atom stereocenters. The molecule has 0 amide bonds. The molecular weight excluding hydrogens is 334 g/mol. The molecule has 2 aliphatic rings. The van der Waals surface area contributed by atoms with E-state index in [2.05, 4.69) is 26.0 Å². The second-order valence-electron chi connectivity index (χ2n) is 8.03. The Bertz CT molecular complexity index is 972. The van der Waals surface area contributed by atoms with Gasteiger partial charge in [0.05, 0.1) is 11.4 Å². The van der Waals surface area contributed by atoms with Gasteiger partial charge in [-0.05, 0) is 42.0 Å². The Morgan fingerprint density at radius 3 is 2.60 bits per heavy atom. The molecule has 0 saturated heterocycles. The summed E-state index contributed by atoms with van der Waals surface area (Å²) in [6.07, 6.45) is 2.58. The summed E-state index contributed by atoms with van der Waals surface area (Å²) in [7, 11) is -4.07.